The molecular weight excluding hydrogens is 483 g/mol. The zero-order valence-corrected chi connectivity index (χ0v) is 22.2. The SMILES string of the molecule is Cc1nc(NC(C)c2cccc(C(F)(F)C(C)(C)O)c2F)c2cc3c(cc2n1)N(C)C(C)(C)C(=O)N3C. The average molecular weight is 516 g/mol. The van der Waals surface area contributed by atoms with Gasteiger partial charge >= 0.3 is 5.92 Å². The van der Waals surface area contributed by atoms with E-state index in [2.05, 4.69) is 15.3 Å². The van der Waals surface area contributed by atoms with Gasteiger partial charge in [-0.05, 0) is 59.7 Å². The molecule has 1 aromatic heterocycles. The van der Waals surface area contributed by atoms with Crippen molar-refractivity contribution in [3.05, 3.63) is 53.1 Å². The van der Waals surface area contributed by atoms with Crippen molar-refractivity contribution in [1.29, 1.82) is 0 Å². The summed E-state index contributed by atoms with van der Waals surface area (Å²) in [6, 6.07) is 6.66. The molecule has 4 rings (SSSR count). The Bertz CT molecular complexity index is 1400. The summed E-state index contributed by atoms with van der Waals surface area (Å²) in [5.41, 5.74) is -1.97. The maximum absolute atomic E-state index is 15.4. The standard InChI is InChI=1S/C27H32F3N5O2/c1-14(16-10-9-11-18(22(16)28)27(29,30)26(5,6)37)31-23-17-12-20-21(13-19(17)32-15(2)33-23)35(8)25(3,4)24(36)34(20)7/h9-14,37H,1-8H3,(H,31,32,33). The van der Waals surface area contributed by atoms with Gasteiger partial charge in [-0.25, -0.2) is 14.4 Å². The monoisotopic (exact) mass is 515 g/mol. The van der Waals surface area contributed by atoms with E-state index in [1.807, 2.05) is 31.9 Å². The van der Waals surface area contributed by atoms with E-state index in [1.54, 1.807) is 31.9 Å². The Morgan fingerprint density at radius 2 is 1.76 bits per heavy atom. The Morgan fingerprint density at radius 1 is 1.11 bits per heavy atom. The highest BCUT2D eigenvalue weighted by molar-refractivity contribution is 6.10. The molecule has 0 spiro atoms. The Balaban J connectivity index is 1.80. The number of benzene rings is 2. The second-order valence-corrected chi connectivity index (χ2v) is 10.7. The van der Waals surface area contributed by atoms with Crippen LogP contribution in [0.1, 0.15) is 57.6 Å². The second kappa shape index (κ2) is 8.58. The minimum atomic E-state index is -3.80. The summed E-state index contributed by atoms with van der Waals surface area (Å²) in [6.45, 7) is 8.95. The number of aliphatic hydroxyl groups is 1. The normalized spacial score (nSPS) is 16.7. The number of nitrogens with one attached hydrogen (secondary N) is 1. The Morgan fingerprint density at radius 3 is 2.38 bits per heavy atom. The molecule has 0 saturated heterocycles. The summed E-state index contributed by atoms with van der Waals surface area (Å²) >= 11 is 0. The number of aromatic nitrogens is 2. The van der Waals surface area contributed by atoms with Crippen molar-refractivity contribution in [1.82, 2.24) is 9.97 Å². The largest absolute Gasteiger partial charge is 0.384 e. The smallest absolute Gasteiger partial charge is 0.303 e. The van der Waals surface area contributed by atoms with E-state index in [-0.39, 0.29) is 11.5 Å². The molecule has 0 saturated carbocycles. The third-order valence-electron chi connectivity index (χ3n) is 7.25. The highest BCUT2D eigenvalue weighted by Gasteiger charge is 2.49. The Kier molecular flexibility index (Phi) is 6.18. The van der Waals surface area contributed by atoms with E-state index >= 15 is 4.39 Å². The van der Waals surface area contributed by atoms with Gasteiger partial charge in [0.1, 0.15) is 28.6 Å². The number of anilines is 3. The molecule has 3 aromatic rings. The number of hydrogen-bond acceptors (Lipinski definition) is 6. The van der Waals surface area contributed by atoms with Crippen molar-refractivity contribution < 1.29 is 23.1 Å². The third-order valence-corrected chi connectivity index (χ3v) is 7.25. The van der Waals surface area contributed by atoms with Crippen molar-refractivity contribution in [2.45, 2.75) is 64.6 Å². The first-order valence-electron chi connectivity index (χ1n) is 12.0. The minimum absolute atomic E-state index is 0.00224. The molecule has 0 bridgehead atoms. The Labute approximate surface area is 214 Å². The molecule has 2 heterocycles. The van der Waals surface area contributed by atoms with E-state index in [1.165, 1.54) is 12.1 Å². The number of nitrogens with zero attached hydrogens (tertiary/aromatic N) is 4. The van der Waals surface area contributed by atoms with Gasteiger partial charge in [0.15, 0.2) is 0 Å². The van der Waals surface area contributed by atoms with Crippen LogP contribution >= 0.6 is 0 Å². The van der Waals surface area contributed by atoms with E-state index in [0.717, 1.165) is 25.6 Å². The maximum Gasteiger partial charge on any atom is 0.303 e. The zero-order valence-electron chi connectivity index (χ0n) is 22.2. The van der Waals surface area contributed by atoms with E-state index in [9.17, 15) is 18.7 Å². The lowest BCUT2D eigenvalue weighted by Gasteiger charge is -2.45. The zero-order chi connectivity index (χ0) is 27.7. The van der Waals surface area contributed by atoms with Crippen LogP contribution in [0.3, 0.4) is 0 Å². The van der Waals surface area contributed by atoms with E-state index < -0.39 is 34.5 Å². The van der Waals surface area contributed by atoms with Gasteiger partial charge in [-0.15, -0.1) is 0 Å². The van der Waals surface area contributed by atoms with E-state index in [0.29, 0.717) is 28.2 Å². The number of carbonyl (C=O) groups excluding carboxylic acids is 1. The number of carbonyl (C=O) groups is 1. The molecule has 0 fully saturated rings. The molecule has 198 valence electrons. The molecule has 0 aliphatic carbocycles. The average Bonchev–Trinajstić information content (AvgIpc) is 2.80. The number of rotatable bonds is 5. The summed E-state index contributed by atoms with van der Waals surface area (Å²) in [5, 5.41) is 13.7. The van der Waals surface area contributed by atoms with Crippen molar-refractivity contribution >= 4 is 34.0 Å². The molecule has 7 nitrogen and oxygen atoms in total. The van der Waals surface area contributed by atoms with Crippen molar-refractivity contribution in [3.8, 4) is 0 Å². The van der Waals surface area contributed by atoms with Crippen LogP contribution in [-0.2, 0) is 10.7 Å². The van der Waals surface area contributed by atoms with Gasteiger partial charge in [0.2, 0.25) is 0 Å². The van der Waals surface area contributed by atoms with Crippen molar-refractivity contribution in [2.75, 3.05) is 29.2 Å². The van der Waals surface area contributed by atoms with Gasteiger partial charge in [-0.3, -0.25) is 4.79 Å². The molecule has 1 amide bonds. The molecule has 37 heavy (non-hydrogen) atoms. The number of likely N-dealkylation sites (N-methyl/N-ethyl adjacent to an activating group) is 2. The van der Waals surface area contributed by atoms with Crippen LogP contribution in [0.4, 0.5) is 30.4 Å². The number of fused-ring (bicyclic) bond motifs is 2. The number of halogens is 3. The van der Waals surface area contributed by atoms with Crippen LogP contribution in [0, 0.1) is 12.7 Å². The van der Waals surface area contributed by atoms with E-state index in [4.69, 9.17) is 0 Å². The second-order valence-electron chi connectivity index (χ2n) is 10.7. The number of hydrogen-bond donors (Lipinski definition) is 2. The summed E-state index contributed by atoms with van der Waals surface area (Å²) in [4.78, 5) is 25.5. The molecule has 10 heteroatoms. The first-order chi connectivity index (χ1) is 17.0. The van der Waals surface area contributed by atoms with Gasteiger partial charge in [-0.2, -0.15) is 8.78 Å². The molecule has 2 aromatic carbocycles. The molecule has 2 N–H and O–H groups in total. The van der Waals surface area contributed by atoms with Crippen LogP contribution in [0.15, 0.2) is 30.3 Å². The quantitative estimate of drug-likeness (QED) is 0.480. The summed E-state index contributed by atoms with van der Waals surface area (Å²) in [5.74, 6) is -4.14. The van der Waals surface area contributed by atoms with Crippen LogP contribution in [0.5, 0.6) is 0 Å². The lowest BCUT2D eigenvalue weighted by Crippen LogP contribution is -2.57. The first kappa shape index (κ1) is 26.7. The van der Waals surface area contributed by atoms with Crippen LogP contribution in [-0.4, -0.2) is 46.2 Å². The van der Waals surface area contributed by atoms with Gasteiger partial charge in [-0.1, -0.05) is 12.1 Å². The lowest BCUT2D eigenvalue weighted by atomic mass is 9.91. The molecule has 1 aliphatic heterocycles. The summed E-state index contributed by atoms with van der Waals surface area (Å²) in [6.07, 6.45) is 0. The lowest BCUT2D eigenvalue weighted by molar-refractivity contribution is -0.170. The van der Waals surface area contributed by atoms with Crippen molar-refractivity contribution in [3.63, 3.8) is 0 Å². The minimum Gasteiger partial charge on any atom is -0.384 e. The topological polar surface area (TPSA) is 81.6 Å². The van der Waals surface area contributed by atoms with Crippen LogP contribution < -0.4 is 15.1 Å². The maximum atomic E-state index is 15.4. The predicted molar refractivity (Wildman–Crippen MR) is 139 cm³/mol. The number of aryl methyl sites for hydroxylation is 1. The fourth-order valence-corrected chi connectivity index (χ4v) is 4.62. The number of alkyl halides is 2. The van der Waals surface area contributed by atoms with Gasteiger partial charge in [0.25, 0.3) is 5.91 Å². The first-order valence-corrected chi connectivity index (χ1v) is 12.0. The third kappa shape index (κ3) is 4.17. The Hall–Kier alpha value is -3.40. The van der Waals surface area contributed by atoms with Gasteiger partial charge < -0.3 is 20.2 Å². The fraction of sp³-hybridized carbons (Fsp3) is 0.444. The highest BCUT2D eigenvalue weighted by Crippen LogP contribution is 2.43. The molecular formula is C27H32F3N5O2. The molecule has 1 aliphatic rings. The van der Waals surface area contributed by atoms with Crippen molar-refractivity contribution in [2.24, 2.45) is 0 Å². The number of amides is 1. The predicted octanol–water partition coefficient (Wildman–Crippen LogP) is 5.30. The molecule has 1 unspecified atom stereocenters. The van der Waals surface area contributed by atoms with Gasteiger partial charge in [0.05, 0.1) is 28.5 Å². The summed E-state index contributed by atoms with van der Waals surface area (Å²) in [7, 11) is 3.56. The van der Waals surface area contributed by atoms with Crippen LogP contribution in [0.2, 0.25) is 0 Å². The molecule has 0 radical (unpaired) electrons. The van der Waals surface area contributed by atoms with Crippen LogP contribution in [0.25, 0.3) is 10.9 Å². The molecule has 1 atom stereocenters. The highest BCUT2D eigenvalue weighted by atomic mass is 19.3. The summed E-state index contributed by atoms with van der Waals surface area (Å²) < 4.78 is 45.0. The fourth-order valence-electron chi connectivity index (χ4n) is 4.62. The van der Waals surface area contributed by atoms with Gasteiger partial charge in [0, 0.05) is 25.0 Å².